The van der Waals surface area contributed by atoms with E-state index in [0.29, 0.717) is 0 Å². The highest BCUT2D eigenvalue weighted by molar-refractivity contribution is 8.00. The van der Waals surface area contributed by atoms with E-state index in [4.69, 9.17) is 0 Å². The van der Waals surface area contributed by atoms with Crippen molar-refractivity contribution in [3.05, 3.63) is 0 Å². The monoisotopic (exact) mass is 239 g/mol. The Morgan fingerprint density at radius 3 is 2.87 bits per heavy atom. The smallest absolute Gasteiger partial charge is 0.329 e. The van der Waals surface area contributed by atoms with Crippen LogP contribution in [0.1, 0.15) is 6.42 Å². The summed E-state index contributed by atoms with van der Waals surface area (Å²) in [4.78, 5) is 22.3. The number of amides is 1. The Morgan fingerprint density at radius 1 is 1.67 bits per heavy atom. The Morgan fingerprint density at radius 2 is 2.33 bits per heavy atom. The van der Waals surface area contributed by atoms with Gasteiger partial charge < -0.3 is 10.1 Å². The standard InChI is InChI=1S/C8H11F2NO3S/c1-14-8(13)4-3-15-5(7(9)10)2-6(12)11-4/h4-5,7H,2-3H2,1H3,(H,11,12)/t4-,5-/m1/s1. The number of hydrogen-bond donors (Lipinski definition) is 1. The molecule has 0 aliphatic carbocycles. The van der Waals surface area contributed by atoms with Crippen LogP contribution < -0.4 is 5.32 Å². The number of alkyl halides is 2. The summed E-state index contributed by atoms with van der Waals surface area (Å²) in [6, 6.07) is -0.823. The van der Waals surface area contributed by atoms with Crippen molar-refractivity contribution in [3.8, 4) is 0 Å². The Kier molecular flexibility index (Phi) is 4.31. The lowest BCUT2D eigenvalue weighted by molar-refractivity contribution is -0.144. The minimum atomic E-state index is -2.56. The van der Waals surface area contributed by atoms with Crippen molar-refractivity contribution in [3.63, 3.8) is 0 Å². The number of carbonyl (C=O) groups is 2. The van der Waals surface area contributed by atoms with E-state index in [2.05, 4.69) is 10.1 Å². The Hall–Kier alpha value is -0.850. The Bertz CT molecular complexity index is 262. The van der Waals surface area contributed by atoms with Gasteiger partial charge in [-0.3, -0.25) is 4.79 Å². The molecule has 0 aromatic rings. The first-order valence-electron chi connectivity index (χ1n) is 4.31. The van der Waals surface area contributed by atoms with Gasteiger partial charge in [0.05, 0.1) is 12.4 Å². The summed E-state index contributed by atoms with van der Waals surface area (Å²) in [5.41, 5.74) is 0. The van der Waals surface area contributed by atoms with Crippen molar-refractivity contribution >= 4 is 23.6 Å². The molecule has 4 nitrogen and oxygen atoms in total. The van der Waals surface area contributed by atoms with Gasteiger partial charge in [0.2, 0.25) is 5.91 Å². The molecule has 1 rings (SSSR count). The average molecular weight is 239 g/mol. The van der Waals surface area contributed by atoms with Gasteiger partial charge in [-0.05, 0) is 0 Å². The van der Waals surface area contributed by atoms with Crippen molar-refractivity contribution in [1.29, 1.82) is 0 Å². The molecule has 1 amide bonds. The second-order valence-corrected chi connectivity index (χ2v) is 4.33. The lowest BCUT2D eigenvalue weighted by atomic mass is 10.2. The van der Waals surface area contributed by atoms with E-state index >= 15 is 0 Å². The third-order valence-corrected chi connectivity index (χ3v) is 3.29. The number of thioether (sulfide) groups is 1. The van der Waals surface area contributed by atoms with Crippen molar-refractivity contribution in [2.75, 3.05) is 12.9 Å². The van der Waals surface area contributed by atoms with Crippen LogP contribution in [-0.4, -0.2) is 42.5 Å². The van der Waals surface area contributed by atoms with Crippen molar-refractivity contribution < 1.29 is 23.1 Å². The highest BCUT2D eigenvalue weighted by Gasteiger charge is 2.32. The van der Waals surface area contributed by atoms with Crippen LogP contribution in [0.25, 0.3) is 0 Å². The van der Waals surface area contributed by atoms with Gasteiger partial charge in [-0.2, -0.15) is 0 Å². The number of hydrogen-bond acceptors (Lipinski definition) is 4. The van der Waals surface area contributed by atoms with Crippen LogP contribution in [0, 0.1) is 0 Å². The Labute approximate surface area is 89.7 Å². The molecular formula is C8H11F2NO3S. The Balaban J connectivity index is 2.62. The number of carbonyl (C=O) groups excluding carboxylic acids is 2. The van der Waals surface area contributed by atoms with Crippen LogP contribution >= 0.6 is 11.8 Å². The van der Waals surface area contributed by atoms with Crippen LogP contribution in [0.2, 0.25) is 0 Å². The first kappa shape index (κ1) is 12.2. The largest absolute Gasteiger partial charge is 0.467 e. The molecule has 1 saturated heterocycles. The molecule has 0 aromatic carbocycles. The highest BCUT2D eigenvalue weighted by Crippen LogP contribution is 2.25. The summed E-state index contributed by atoms with van der Waals surface area (Å²) < 4.78 is 29.2. The number of nitrogens with one attached hydrogen (secondary N) is 1. The maximum Gasteiger partial charge on any atom is 0.329 e. The fourth-order valence-corrected chi connectivity index (χ4v) is 2.26. The van der Waals surface area contributed by atoms with Gasteiger partial charge in [-0.15, -0.1) is 11.8 Å². The molecule has 86 valence electrons. The van der Waals surface area contributed by atoms with Crippen molar-refractivity contribution in [2.24, 2.45) is 0 Å². The minimum Gasteiger partial charge on any atom is -0.467 e. The van der Waals surface area contributed by atoms with Gasteiger partial charge in [0.15, 0.2) is 0 Å². The van der Waals surface area contributed by atoms with Crippen LogP contribution in [0.3, 0.4) is 0 Å². The minimum absolute atomic E-state index is 0.118. The molecule has 1 N–H and O–H groups in total. The van der Waals surface area contributed by atoms with E-state index in [9.17, 15) is 18.4 Å². The lowest BCUT2D eigenvalue weighted by Gasteiger charge is -2.12. The molecule has 0 spiro atoms. The maximum absolute atomic E-state index is 12.4. The quantitative estimate of drug-likeness (QED) is 0.709. The molecule has 0 saturated carbocycles. The van der Waals surface area contributed by atoms with Crippen LogP contribution in [-0.2, 0) is 14.3 Å². The highest BCUT2D eigenvalue weighted by atomic mass is 32.2. The van der Waals surface area contributed by atoms with Crippen molar-refractivity contribution in [2.45, 2.75) is 24.1 Å². The van der Waals surface area contributed by atoms with Gasteiger partial charge >= 0.3 is 5.97 Å². The predicted molar refractivity (Wildman–Crippen MR) is 50.8 cm³/mol. The van der Waals surface area contributed by atoms with E-state index in [-0.39, 0.29) is 12.2 Å². The maximum atomic E-state index is 12.4. The fourth-order valence-electron chi connectivity index (χ4n) is 1.19. The molecule has 1 aliphatic heterocycles. The number of esters is 1. The van der Waals surface area contributed by atoms with Gasteiger partial charge in [0.1, 0.15) is 6.04 Å². The van der Waals surface area contributed by atoms with Crippen LogP contribution in [0.4, 0.5) is 8.78 Å². The number of ether oxygens (including phenoxy) is 1. The van der Waals surface area contributed by atoms with Gasteiger partial charge in [0.25, 0.3) is 6.43 Å². The molecule has 0 aromatic heterocycles. The molecule has 1 fully saturated rings. The third-order valence-electron chi connectivity index (χ3n) is 1.97. The van der Waals surface area contributed by atoms with Gasteiger partial charge in [-0.1, -0.05) is 0 Å². The summed E-state index contributed by atoms with van der Waals surface area (Å²) in [6.07, 6.45) is -2.83. The molecule has 0 unspecified atom stereocenters. The van der Waals surface area contributed by atoms with E-state index in [1.165, 1.54) is 7.11 Å². The third kappa shape index (κ3) is 3.33. The summed E-state index contributed by atoms with van der Waals surface area (Å²) >= 11 is 0.914. The zero-order valence-electron chi connectivity index (χ0n) is 8.04. The van der Waals surface area contributed by atoms with E-state index in [1.54, 1.807) is 0 Å². The number of halogens is 2. The fraction of sp³-hybridized carbons (Fsp3) is 0.750. The van der Waals surface area contributed by atoms with Gasteiger partial charge in [-0.25, -0.2) is 13.6 Å². The first-order valence-corrected chi connectivity index (χ1v) is 5.36. The summed E-state index contributed by atoms with van der Waals surface area (Å²) in [6.45, 7) is 0. The topological polar surface area (TPSA) is 55.4 Å². The first-order chi connectivity index (χ1) is 7.04. The second-order valence-electron chi connectivity index (χ2n) is 3.05. The molecule has 7 heteroatoms. The van der Waals surface area contributed by atoms with Crippen LogP contribution in [0.15, 0.2) is 0 Å². The lowest BCUT2D eigenvalue weighted by Crippen LogP contribution is -2.41. The van der Waals surface area contributed by atoms with E-state index < -0.39 is 29.6 Å². The normalized spacial score (nSPS) is 27.1. The number of methoxy groups -OCH3 is 1. The zero-order chi connectivity index (χ0) is 11.4. The second kappa shape index (κ2) is 5.29. The average Bonchev–Trinajstić information content (AvgIpc) is 2.38. The molecule has 0 radical (unpaired) electrons. The predicted octanol–water partition coefficient (Wildman–Crippen LogP) is 0.415. The SMILES string of the molecule is COC(=O)[C@H]1CS[C@@H](C(F)F)CC(=O)N1. The number of rotatable bonds is 2. The molecule has 0 bridgehead atoms. The van der Waals surface area contributed by atoms with Gasteiger partial charge in [0, 0.05) is 12.2 Å². The molecule has 1 aliphatic rings. The summed E-state index contributed by atoms with van der Waals surface area (Å²) in [5.74, 6) is -1.03. The van der Waals surface area contributed by atoms with Crippen LogP contribution in [0.5, 0.6) is 0 Å². The molecular weight excluding hydrogens is 228 g/mol. The zero-order valence-corrected chi connectivity index (χ0v) is 8.85. The van der Waals surface area contributed by atoms with E-state index in [0.717, 1.165) is 11.8 Å². The van der Waals surface area contributed by atoms with E-state index in [1.807, 2.05) is 0 Å². The molecule has 2 atom stereocenters. The summed E-state index contributed by atoms with van der Waals surface area (Å²) in [5, 5.41) is 1.30. The molecule has 15 heavy (non-hydrogen) atoms. The van der Waals surface area contributed by atoms with Crippen molar-refractivity contribution in [1.82, 2.24) is 5.32 Å². The molecule has 1 heterocycles. The summed E-state index contributed by atoms with van der Waals surface area (Å²) in [7, 11) is 1.19.